The van der Waals surface area contributed by atoms with Gasteiger partial charge in [-0.2, -0.15) is 0 Å². The lowest BCUT2D eigenvalue weighted by Crippen LogP contribution is -2.12. The molecule has 2 N–H and O–H groups in total. The van der Waals surface area contributed by atoms with E-state index >= 15 is 0 Å². The van der Waals surface area contributed by atoms with Gasteiger partial charge in [-0.05, 0) is 48.9 Å². The fourth-order valence-corrected chi connectivity index (χ4v) is 2.66. The first kappa shape index (κ1) is 17.8. The van der Waals surface area contributed by atoms with E-state index in [2.05, 4.69) is 15.6 Å². The number of ether oxygens (including phenoxy) is 1. The van der Waals surface area contributed by atoms with Crippen LogP contribution in [0.5, 0.6) is 5.75 Å². The SMILES string of the molecule is COc1ccc(NC(=O)c2ccc(Nc3ccccc3C)nc2)cc1Cl. The summed E-state index contributed by atoms with van der Waals surface area (Å²) in [5, 5.41) is 6.45. The van der Waals surface area contributed by atoms with E-state index in [0.29, 0.717) is 27.8 Å². The largest absolute Gasteiger partial charge is 0.495 e. The molecular weight excluding hydrogens is 350 g/mol. The molecule has 0 aliphatic heterocycles. The molecule has 1 heterocycles. The number of methoxy groups -OCH3 is 1. The van der Waals surface area contributed by atoms with Crippen LogP contribution < -0.4 is 15.4 Å². The third-order valence-electron chi connectivity index (χ3n) is 3.84. The summed E-state index contributed by atoms with van der Waals surface area (Å²) >= 11 is 6.07. The van der Waals surface area contributed by atoms with Crippen LogP contribution in [0.2, 0.25) is 5.02 Å². The molecule has 0 atom stereocenters. The van der Waals surface area contributed by atoms with Gasteiger partial charge in [0.05, 0.1) is 17.7 Å². The summed E-state index contributed by atoms with van der Waals surface area (Å²) < 4.78 is 5.10. The van der Waals surface area contributed by atoms with E-state index in [-0.39, 0.29) is 5.91 Å². The molecule has 2 aromatic carbocycles. The van der Waals surface area contributed by atoms with Gasteiger partial charge in [0.25, 0.3) is 5.91 Å². The highest BCUT2D eigenvalue weighted by molar-refractivity contribution is 6.32. The highest BCUT2D eigenvalue weighted by Gasteiger charge is 2.09. The Hall–Kier alpha value is -3.05. The summed E-state index contributed by atoms with van der Waals surface area (Å²) in [7, 11) is 1.54. The highest BCUT2D eigenvalue weighted by atomic mass is 35.5. The van der Waals surface area contributed by atoms with Gasteiger partial charge in [0, 0.05) is 17.6 Å². The number of aromatic nitrogens is 1. The van der Waals surface area contributed by atoms with E-state index in [1.807, 2.05) is 31.2 Å². The third-order valence-corrected chi connectivity index (χ3v) is 4.14. The van der Waals surface area contributed by atoms with Gasteiger partial charge in [-0.15, -0.1) is 0 Å². The molecule has 5 nitrogen and oxygen atoms in total. The summed E-state index contributed by atoms with van der Waals surface area (Å²) in [6, 6.07) is 16.5. The molecule has 0 aliphatic carbocycles. The first-order valence-electron chi connectivity index (χ1n) is 8.00. The van der Waals surface area contributed by atoms with Crippen LogP contribution in [-0.4, -0.2) is 18.0 Å². The number of amides is 1. The minimum absolute atomic E-state index is 0.263. The maximum atomic E-state index is 12.4. The predicted molar refractivity (Wildman–Crippen MR) is 105 cm³/mol. The van der Waals surface area contributed by atoms with Gasteiger partial charge in [0.1, 0.15) is 11.6 Å². The number of nitrogens with one attached hydrogen (secondary N) is 2. The Morgan fingerprint density at radius 1 is 1.12 bits per heavy atom. The molecule has 0 fully saturated rings. The van der Waals surface area contributed by atoms with Crippen molar-refractivity contribution < 1.29 is 9.53 Å². The predicted octanol–water partition coefficient (Wildman–Crippen LogP) is 5.05. The standard InChI is InChI=1S/C20H18ClN3O2/c1-13-5-3-4-6-17(13)24-19-10-7-14(12-22-19)20(25)23-15-8-9-18(26-2)16(21)11-15/h3-12H,1-2H3,(H,22,24)(H,23,25). The quantitative estimate of drug-likeness (QED) is 0.662. The van der Waals surface area contributed by atoms with Crippen LogP contribution in [0.4, 0.5) is 17.2 Å². The first-order chi connectivity index (χ1) is 12.6. The number of halogens is 1. The second kappa shape index (κ2) is 7.89. The number of benzene rings is 2. The molecule has 0 radical (unpaired) electrons. The minimum atomic E-state index is -0.263. The number of anilines is 3. The van der Waals surface area contributed by atoms with E-state index in [1.165, 1.54) is 13.3 Å². The molecule has 0 saturated heterocycles. The Bertz CT molecular complexity index is 927. The fraction of sp³-hybridized carbons (Fsp3) is 0.100. The van der Waals surface area contributed by atoms with E-state index in [9.17, 15) is 4.79 Å². The van der Waals surface area contributed by atoms with E-state index in [0.717, 1.165) is 11.3 Å². The molecule has 0 unspecified atom stereocenters. The van der Waals surface area contributed by atoms with Crippen molar-refractivity contribution in [3.05, 3.63) is 76.9 Å². The lowest BCUT2D eigenvalue weighted by atomic mass is 10.2. The fourth-order valence-electron chi connectivity index (χ4n) is 2.40. The van der Waals surface area contributed by atoms with Crippen LogP contribution in [0.1, 0.15) is 15.9 Å². The summed E-state index contributed by atoms with van der Waals surface area (Å²) in [4.78, 5) is 16.7. The zero-order valence-electron chi connectivity index (χ0n) is 14.4. The number of hydrogen-bond acceptors (Lipinski definition) is 4. The summed E-state index contributed by atoms with van der Waals surface area (Å²) in [5.74, 6) is 0.961. The van der Waals surface area contributed by atoms with Crippen molar-refractivity contribution >= 4 is 34.7 Å². The van der Waals surface area contributed by atoms with E-state index in [1.54, 1.807) is 30.3 Å². The molecule has 132 valence electrons. The second-order valence-electron chi connectivity index (χ2n) is 5.68. The number of carbonyl (C=O) groups excluding carboxylic acids is 1. The van der Waals surface area contributed by atoms with Crippen molar-refractivity contribution in [3.63, 3.8) is 0 Å². The van der Waals surface area contributed by atoms with Crippen molar-refractivity contribution in [1.82, 2.24) is 4.98 Å². The zero-order chi connectivity index (χ0) is 18.5. The molecule has 3 rings (SSSR count). The van der Waals surface area contributed by atoms with Crippen molar-refractivity contribution in [2.45, 2.75) is 6.92 Å². The molecule has 1 amide bonds. The number of para-hydroxylation sites is 1. The Balaban J connectivity index is 1.69. The topological polar surface area (TPSA) is 63.2 Å². The van der Waals surface area contributed by atoms with Gasteiger partial charge >= 0.3 is 0 Å². The van der Waals surface area contributed by atoms with Gasteiger partial charge in [0.15, 0.2) is 0 Å². The van der Waals surface area contributed by atoms with Gasteiger partial charge in [-0.3, -0.25) is 4.79 Å². The Morgan fingerprint density at radius 2 is 1.92 bits per heavy atom. The van der Waals surface area contributed by atoms with Crippen LogP contribution >= 0.6 is 11.6 Å². The number of carbonyl (C=O) groups is 1. The monoisotopic (exact) mass is 367 g/mol. The van der Waals surface area contributed by atoms with Crippen molar-refractivity contribution in [3.8, 4) is 5.75 Å². The third kappa shape index (κ3) is 4.13. The summed E-state index contributed by atoms with van der Waals surface area (Å²) in [6.45, 7) is 2.02. The number of pyridine rings is 1. The van der Waals surface area contributed by atoms with Gasteiger partial charge in [-0.1, -0.05) is 29.8 Å². The average Bonchev–Trinajstić information content (AvgIpc) is 2.64. The van der Waals surface area contributed by atoms with Crippen LogP contribution in [0.25, 0.3) is 0 Å². The lowest BCUT2D eigenvalue weighted by molar-refractivity contribution is 0.102. The van der Waals surface area contributed by atoms with E-state index in [4.69, 9.17) is 16.3 Å². The Labute approximate surface area is 157 Å². The first-order valence-corrected chi connectivity index (χ1v) is 8.38. The smallest absolute Gasteiger partial charge is 0.257 e. The van der Waals surface area contributed by atoms with E-state index < -0.39 is 0 Å². The number of hydrogen-bond donors (Lipinski definition) is 2. The molecule has 0 aliphatic rings. The molecular formula is C20H18ClN3O2. The molecule has 3 aromatic rings. The molecule has 6 heteroatoms. The van der Waals surface area contributed by atoms with Gasteiger partial charge in [0.2, 0.25) is 0 Å². The van der Waals surface area contributed by atoms with Gasteiger partial charge < -0.3 is 15.4 Å². The second-order valence-corrected chi connectivity index (χ2v) is 6.08. The summed E-state index contributed by atoms with van der Waals surface area (Å²) in [6.07, 6.45) is 1.53. The van der Waals surface area contributed by atoms with Crippen LogP contribution in [-0.2, 0) is 0 Å². The van der Waals surface area contributed by atoms with Crippen molar-refractivity contribution in [2.75, 3.05) is 17.7 Å². The summed E-state index contributed by atoms with van der Waals surface area (Å²) in [5.41, 5.74) is 3.13. The molecule has 1 aromatic heterocycles. The number of rotatable bonds is 5. The minimum Gasteiger partial charge on any atom is -0.495 e. The zero-order valence-corrected chi connectivity index (χ0v) is 15.2. The van der Waals surface area contributed by atoms with Crippen molar-refractivity contribution in [1.29, 1.82) is 0 Å². The molecule has 0 spiro atoms. The maximum absolute atomic E-state index is 12.4. The van der Waals surface area contributed by atoms with Crippen molar-refractivity contribution in [2.24, 2.45) is 0 Å². The molecule has 26 heavy (non-hydrogen) atoms. The normalized spacial score (nSPS) is 10.3. The van der Waals surface area contributed by atoms with Crippen LogP contribution in [0.3, 0.4) is 0 Å². The lowest BCUT2D eigenvalue weighted by Gasteiger charge is -2.10. The van der Waals surface area contributed by atoms with Gasteiger partial charge in [-0.25, -0.2) is 4.98 Å². The maximum Gasteiger partial charge on any atom is 0.257 e. The Morgan fingerprint density at radius 3 is 2.58 bits per heavy atom. The molecule has 0 bridgehead atoms. The van der Waals surface area contributed by atoms with Crippen LogP contribution in [0.15, 0.2) is 60.8 Å². The number of aryl methyl sites for hydroxylation is 1. The van der Waals surface area contributed by atoms with Crippen LogP contribution in [0, 0.1) is 6.92 Å². The Kier molecular flexibility index (Phi) is 5.39. The average molecular weight is 368 g/mol. The molecule has 0 saturated carbocycles. The number of nitrogens with zero attached hydrogens (tertiary/aromatic N) is 1. The highest BCUT2D eigenvalue weighted by Crippen LogP contribution is 2.27.